The van der Waals surface area contributed by atoms with Gasteiger partial charge in [0, 0.05) is 0 Å². The molecule has 3 rings (SSSR count). The van der Waals surface area contributed by atoms with Crippen LogP contribution in [0.4, 0.5) is 0 Å². The zero-order valence-corrected chi connectivity index (χ0v) is 22.9. The van der Waals surface area contributed by atoms with Crippen LogP contribution in [0.3, 0.4) is 0 Å². The summed E-state index contributed by atoms with van der Waals surface area (Å²) in [4.78, 5) is 25.8. The predicted molar refractivity (Wildman–Crippen MR) is 146 cm³/mol. The normalized spacial score (nSPS) is 12.1. The van der Waals surface area contributed by atoms with Crippen molar-refractivity contribution in [1.29, 1.82) is 0 Å². The lowest BCUT2D eigenvalue weighted by Crippen LogP contribution is -2.48. The standard InChI is InChI=1S/C30H35NO8/c1-6-30(23-10-8-7-9-11-23,31-18-27(32)38-19-21-12-14-24(34-2)15-13-21)20-39-29(33)22-16-25(35-3)28(37-5)26(17-22)36-4/h7-17,31H,6,18-20H2,1-5H3/t30-/m1/s1. The second-order valence-corrected chi connectivity index (χ2v) is 8.65. The van der Waals surface area contributed by atoms with E-state index >= 15 is 0 Å². The maximum atomic E-state index is 13.1. The summed E-state index contributed by atoms with van der Waals surface area (Å²) >= 11 is 0. The van der Waals surface area contributed by atoms with Gasteiger partial charge in [-0.05, 0) is 41.8 Å². The van der Waals surface area contributed by atoms with Crippen molar-refractivity contribution in [2.45, 2.75) is 25.5 Å². The Bertz CT molecular complexity index is 1200. The highest BCUT2D eigenvalue weighted by Crippen LogP contribution is 2.38. The zero-order chi connectivity index (χ0) is 28.3. The average Bonchev–Trinajstić information content (AvgIpc) is 3.00. The highest BCUT2D eigenvalue weighted by molar-refractivity contribution is 5.91. The third-order valence-electron chi connectivity index (χ3n) is 6.41. The Kier molecular flexibility index (Phi) is 10.6. The van der Waals surface area contributed by atoms with Gasteiger partial charge in [0.15, 0.2) is 11.5 Å². The fourth-order valence-electron chi connectivity index (χ4n) is 4.07. The van der Waals surface area contributed by atoms with Crippen molar-refractivity contribution < 1.29 is 38.0 Å². The molecule has 0 bridgehead atoms. The molecule has 0 heterocycles. The molecule has 0 fully saturated rings. The first-order valence-corrected chi connectivity index (χ1v) is 12.5. The van der Waals surface area contributed by atoms with Crippen LogP contribution < -0.4 is 24.3 Å². The molecule has 0 radical (unpaired) electrons. The average molecular weight is 538 g/mol. The molecule has 3 aromatic carbocycles. The number of ether oxygens (including phenoxy) is 6. The van der Waals surface area contributed by atoms with E-state index in [2.05, 4.69) is 5.32 Å². The first-order valence-electron chi connectivity index (χ1n) is 12.5. The summed E-state index contributed by atoms with van der Waals surface area (Å²) in [6.07, 6.45) is 0.533. The van der Waals surface area contributed by atoms with E-state index in [9.17, 15) is 9.59 Å². The van der Waals surface area contributed by atoms with Crippen LogP contribution in [0, 0.1) is 0 Å². The molecule has 1 atom stereocenters. The van der Waals surface area contributed by atoms with E-state index in [1.54, 1.807) is 19.2 Å². The summed E-state index contributed by atoms with van der Waals surface area (Å²) in [5.74, 6) is 0.766. The Morgan fingerprint density at radius 1 is 0.795 bits per heavy atom. The smallest absolute Gasteiger partial charge is 0.338 e. The lowest BCUT2D eigenvalue weighted by Gasteiger charge is -2.34. The molecule has 0 aliphatic heterocycles. The van der Waals surface area contributed by atoms with Crippen LogP contribution in [-0.4, -0.2) is 53.5 Å². The SMILES string of the molecule is CC[C@](COC(=O)c1cc(OC)c(OC)c(OC)c1)(NCC(=O)OCc1ccc(OC)cc1)c1ccccc1. The highest BCUT2D eigenvalue weighted by Gasteiger charge is 2.33. The van der Waals surface area contributed by atoms with Gasteiger partial charge in [-0.1, -0.05) is 49.4 Å². The molecule has 0 aromatic heterocycles. The van der Waals surface area contributed by atoms with E-state index in [1.165, 1.54) is 33.5 Å². The van der Waals surface area contributed by atoms with Gasteiger partial charge in [-0.3, -0.25) is 10.1 Å². The predicted octanol–water partition coefficient (Wildman–Crippen LogP) is 4.52. The van der Waals surface area contributed by atoms with Crippen LogP contribution in [0.25, 0.3) is 0 Å². The summed E-state index contributed by atoms with van der Waals surface area (Å²) in [6.45, 7) is 1.97. The monoisotopic (exact) mass is 537 g/mol. The fourth-order valence-corrected chi connectivity index (χ4v) is 4.07. The van der Waals surface area contributed by atoms with Crippen LogP contribution in [-0.2, 0) is 26.4 Å². The number of nitrogens with one attached hydrogen (secondary N) is 1. The molecule has 9 heteroatoms. The van der Waals surface area contributed by atoms with Crippen molar-refractivity contribution in [3.8, 4) is 23.0 Å². The number of carbonyl (C=O) groups excluding carboxylic acids is 2. The second-order valence-electron chi connectivity index (χ2n) is 8.65. The van der Waals surface area contributed by atoms with E-state index in [1.807, 2.05) is 49.4 Å². The molecule has 39 heavy (non-hydrogen) atoms. The number of benzene rings is 3. The van der Waals surface area contributed by atoms with Gasteiger partial charge in [0.05, 0.1) is 46.1 Å². The summed E-state index contributed by atoms with van der Waals surface area (Å²) in [6, 6.07) is 19.9. The molecule has 0 aliphatic carbocycles. The van der Waals surface area contributed by atoms with Gasteiger partial charge in [-0.2, -0.15) is 0 Å². The number of methoxy groups -OCH3 is 4. The van der Waals surface area contributed by atoms with E-state index in [-0.39, 0.29) is 25.3 Å². The number of rotatable bonds is 14. The maximum absolute atomic E-state index is 13.1. The maximum Gasteiger partial charge on any atom is 0.338 e. The first-order chi connectivity index (χ1) is 18.9. The minimum Gasteiger partial charge on any atom is -0.497 e. The van der Waals surface area contributed by atoms with Crippen molar-refractivity contribution in [2.75, 3.05) is 41.6 Å². The van der Waals surface area contributed by atoms with E-state index < -0.39 is 17.5 Å². The van der Waals surface area contributed by atoms with E-state index in [0.29, 0.717) is 23.7 Å². The number of carbonyl (C=O) groups is 2. The minimum absolute atomic E-state index is 0.0330. The molecule has 208 valence electrons. The molecular weight excluding hydrogens is 502 g/mol. The van der Waals surface area contributed by atoms with Gasteiger partial charge < -0.3 is 28.4 Å². The quantitative estimate of drug-likeness (QED) is 0.298. The van der Waals surface area contributed by atoms with Crippen molar-refractivity contribution in [3.05, 3.63) is 83.4 Å². The molecule has 0 unspecified atom stereocenters. The summed E-state index contributed by atoms with van der Waals surface area (Å²) < 4.78 is 32.4. The fraction of sp³-hybridized carbons (Fsp3) is 0.333. The van der Waals surface area contributed by atoms with Gasteiger partial charge in [0.1, 0.15) is 19.0 Å². The van der Waals surface area contributed by atoms with Crippen molar-refractivity contribution in [1.82, 2.24) is 5.32 Å². The van der Waals surface area contributed by atoms with Crippen molar-refractivity contribution in [2.24, 2.45) is 0 Å². The molecule has 1 N–H and O–H groups in total. The van der Waals surface area contributed by atoms with Crippen molar-refractivity contribution >= 4 is 11.9 Å². The molecule has 0 aliphatic rings. The largest absolute Gasteiger partial charge is 0.497 e. The molecule has 0 saturated carbocycles. The highest BCUT2D eigenvalue weighted by atomic mass is 16.5. The van der Waals surface area contributed by atoms with Crippen LogP contribution in [0.5, 0.6) is 23.0 Å². The molecule has 0 spiro atoms. The second kappa shape index (κ2) is 14.1. The Morgan fingerprint density at radius 2 is 1.44 bits per heavy atom. The minimum atomic E-state index is -0.837. The number of hydrogen-bond acceptors (Lipinski definition) is 9. The topological polar surface area (TPSA) is 102 Å². The Hall–Kier alpha value is -4.24. The van der Waals surface area contributed by atoms with Gasteiger partial charge in [0.25, 0.3) is 0 Å². The van der Waals surface area contributed by atoms with Crippen LogP contribution in [0.1, 0.15) is 34.8 Å². The van der Waals surface area contributed by atoms with Gasteiger partial charge in [-0.15, -0.1) is 0 Å². The summed E-state index contributed by atoms with van der Waals surface area (Å²) in [7, 11) is 6.03. The Morgan fingerprint density at radius 3 is 1.97 bits per heavy atom. The van der Waals surface area contributed by atoms with Gasteiger partial charge in [0.2, 0.25) is 5.75 Å². The summed E-state index contributed by atoms with van der Waals surface area (Å²) in [5, 5.41) is 3.28. The number of esters is 2. The lowest BCUT2D eigenvalue weighted by molar-refractivity contribution is -0.144. The third-order valence-corrected chi connectivity index (χ3v) is 6.41. The zero-order valence-electron chi connectivity index (χ0n) is 22.9. The van der Waals surface area contributed by atoms with Crippen LogP contribution in [0.2, 0.25) is 0 Å². The Labute approximate surface area is 228 Å². The lowest BCUT2D eigenvalue weighted by atomic mass is 9.88. The first kappa shape index (κ1) is 29.3. The molecule has 3 aromatic rings. The molecule has 0 saturated heterocycles. The van der Waals surface area contributed by atoms with Crippen LogP contribution in [0.15, 0.2) is 66.7 Å². The molecule has 9 nitrogen and oxygen atoms in total. The molecule has 0 amide bonds. The third kappa shape index (κ3) is 7.42. The van der Waals surface area contributed by atoms with Gasteiger partial charge >= 0.3 is 11.9 Å². The van der Waals surface area contributed by atoms with Crippen LogP contribution >= 0.6 is 0 Å². The number of hydrogen-bond donors (Lipinski definition) is 1. The van der Waals surface area contributed by atoms with E-state index in [0.717, 1.165) is 16.9 Å². The van der Waals surface area contributed by atoms with Gasteiger partial charge in [-0.25, -0.2) is 4.79 Å². The van der Waals surface area contributed by atoms with Crippen molar-refractivity contribution in [3.63, 3.8) is 0 Å². The Balaban J connectivity index is 1.73. The molecular formula is C30H35NO8. The summed E-state index contributed by atoms with van der Waals surface area (Å²) in [5.41, 5.74) is 1.11. The van der Waals surface area contributed by atoms with E-state index in [4.69, 9.17) is 28.4 Å².